The third-order valence-corrected chi connectivity index (χ3v) is 4.97. The van der Waals surface area contributed by atoms with Crippen LogP contribution in [0.25, 0.3) is 5.69 Å². The third-order valence-electron chi connectivity index (χ3n) is 4.97. The molecule has 0 bridgehead atoms. The van der Waals surface area contributed by atoms with Crippen LogP contribution in [0.5, 0.6) is 5.75 Å². The molecule has 3 rings (SSSR count). The summed E-state index contributed by atoms with van der Waals surface area (Å²) in [5.41, 5.74) is 5.37. The van der Waals surface area contributed by atoms with Gasteiger partial charge in [0, 0.05) is 18.9 Å². The molecule has 5 nitrogen and oxygen atoms in total. The van der Waals surface area contributed by atoms with Gasteiger partial charge in [-0.15, -0.1) is 0 Å². The molecule has 0 saturated heterocycles. The van der Waals surface area contributed by atoms with E-state index in [2.05, 4.69) is 23.3 Å². The number of nitrogens with one attached hydrogen (secondary N) is 1. The smallest absolute Gasteiger partial charge is 0.261 e. The summed E-state index contributed by atoms with van der Waals surface area (Å²) in [6.07, 6.45) is 3.11. The molecule has 0 unspecified atom stereocenters. The van der Waals surface area contributed by atoms with Gasteiger partial charge in [-0.3, -0.25) is 4.79 Å². The highest BCUT2D eigenvalue weighted by Crippen LogP contribution is 2.24. The number of aromatic nitrogens is 2. The predicted molar refractivity (Wildman–Crippen MR) is 111 cm³/mol. The van der Waals surface area contributed by atoms with E-state index in [0.29, 0.717) is 6.54 Å². The molecule has 1 amide bonds. The van der Waals surface area contributed by atoms with Crippen LogP contribution in [0.1, 0.15) is 35.0 Å². The van der Waals surface area contributed by atoms with E-state index in [0.717, 1.165) is 39.5 Å². The number of imidazole rings is 1. The Labute approximate surface area is 166 Å². The molecule has 0 aliphatic rings. The van der Waals surface area contributed by atoms with Crippen LogP contribution < -0.4 is 10.1 Å². The van der Waals surface area contributed by atoms with Gasteiger partial charge in [-0.1, -0.05) is 24.3 Å². The molecular weight excluding hydrogens is 350 g/mol. The average molecular weight is 377 g/mol. The van der Waals surface area contributed by atoms with Crippen molar-refractivity contribution < 1.29 is 9.53 Å². The first-order chi connectivity index (χ1) is 13.4. The van der Waals surface area contributed by atoms with Crippen molar-refractivity contribution in [1.82, 2.24) is 14.9 Å². The number of carbonyl (C=O) groups excluding carboxylic acids is 1. The highest BCUT2D eigenvalue weighted by Gasteiger charge is 2.17. The van der Waals surface area contributed by atoms with Gasteiger partial charge in [0.1, 0.15) is 11.6 Å². The highest BCUT2D eigenvalue weighted by molar-refractivity contribution is 5.80. The second kappa shape index (κ2) is 8.30. The number of aryl methyl sites for hydroxylation is 3. The van der Waals surface area contributed by atoms with Crippen LogP contribution in [0.3, 0.4) is 0 Å². The van der Waals surface area contributed by atoms with E-state index in [4.69, 9.17) is 4.74 Å². The number of para-hydroxylation sites is 1. The summed E-state index contributed by atoms with van der Waals surface area (Å²) >= 11 is 0. The molecule has 0 radical (unpaired) electrons. The number of amides is 1. The molecule has 28 heavy (non-hydrogen) atoms. The van der Waals surface area contributed by atoms with Crippen LogP contribution in [0.4, 0.5) is 0 Å². The zero-order chi connectivity index (χ0) is 20.3. The topological polar surface area (TPSA) is 56.1 Å². The van der Waals surface area contributed by atoms with Crippen LogP contribution in [-0.2, 0) is 11.3 Å². The number of nitrogens with zero attached hydrogens (tertiary/aromatic N) is 2. The van der Waals surface area contributed by atoms with E-state index in [1.165, 1.54) is 0 Å². The molecule has 0 aliphatic carbocycles. The quantitative estimate of drug-likeness (QED) is 0.701. The largest absolute Gasteiger partial charge is 0.481 e. The van der Waals surface area contributed by atoms with Gasteiger partial charge in [-0.2, -0.15) is 0 Å². The van der Waals surface area contributed by atoms with Crippen LogP contribution in [-0.4, -0.2) is 21.6 Å². The SMILES string of the molecule is Cc1cc(C)c(C)c(O[C@@H](C)C(=O)NCc2ccccc2-n2ccnc2C)c1. The summed E-state index contributed by atoms with van der Waals surface area (Å²) in [5.74, 6) is 1.52. The molecule has 0 aliphatic heterocycles. The minimum absolute atomic E-state index is 0.143. The molecule has 1 heterocycles. The van der Waals surface area contributed by atoms with Crippen molar-refractivity contribution >= 4 is 5.91 Å². The van der Waals surface area contributed by atoms with Gasteiger partial charge in [0.25, 0.3) is 5.91 Å². The Bertz CT molecular complexity index is 991. The molecule has 146 valence electrons. The van der Waals surface area contributed by atoms with Crippen molar-refractivity contribution in [2.45, 2.75) is 47.3 Å². The van der Waals surface area contributed by atoms with Gasteiger partial charge < -0.3 is 14.6 Å². The minimum Gasteiger partial charge on any atom is -0.481 e. The molecule has 2 aromatic carbocycles. The van der Waals surface area contributed by atoms with Crippen molar-refractivity contribution in [2.75, 3.05) is 0 Å². The maximum atomic E-state index is 12.6. The van der Waals surface area contributed by atoms with Gasteiger partial charge in [-0.25, -0.2) is 4.98 Å². The highest BCUT2D eigenvalue weighted by atomic mass is 16.5. The number of hydrogen-bond donors (Lipinski definition) is 1. The van der Waals surface area contributed by atoms with E-state index in [1.54, 1.807) is 13.1 Å². The standard InChI is InChI=1S/C23H27N3O2/c1-15-12-16(2)17(3)22(13-15)28-18(4)23(27)25-14-20-8-6-7-9-21(20)26-11-10-24-19(26)5/h6-13,18H,14H2,1-5H3,(H,25,27)/t18-/m0/s1. The van der Waals surface area contributed by atoms with E-state index in [1.807, 2.05) is 61.9 Å². The average Bonchev–Trinajstić information content (AvgIpc) is 3.09. The van der Waals surface area contributed by atoms with Gasteiger partial charge in [0.2, 0.25) is 0 Å². The van der Waals surface area contributed by atoms with Gasteiger partial charge in [0.05, 0.1) is 5.69 Å². The second-order valence-electron chi connectivity index (χ2n) is 7.16. The molecule has 5 heteroatoms. The predicted octanol–water partition coefficient (Wildman–Crippen LogP) is 4.19. The number of carbonyl (C=O) groups is 1. The Morgan fingerprint density at radius 1 is 1.18 bits per heavy atom. The lowest BCUT2D eigenvalue weighted by molar-refractivity contribution is -0.127. The molecule has 3 aromatic rings. The van der Waals surface area contributed by atoms with Crippen molar-refractivity contribution in [2.24, 2.45) is 0 Å². The first kappa shape index (κ1) is 19.7. The molecule has 1 N–H and O–H groups in total. The van der Waals surface area contributed by atoms with Crippen LogP contribution >= 0.6 is 0 Å². The van der Waals surface area contributed by atoms with Crippen LogP contribution in [0, 0.1) is 27.7 Å². The van der Waals surface area contributed by atoms with E-state index >= 15 is 0 Å². The van der Waals surface area contributed by atoms with Crippen LogP contribution in [0.15, 0.2) is 48.8 Å². The van der Waals surface area contributed by atoms with Crippen molar-refractivity contribution in [1.29, 1.82) is 0 Å². The molecule has 1 aromatic heterocycles. The van der Waals surface area contributed by atoms with E-state index in [9.17, 15) is 4.79 Å². The molecule has 0 fully saturated rings. The summed E-state index contributed by atoms with van der Waals surface area (Å²) in [4.78, 5) is 16.9. The summed E-state index contributed by atoms with van der Waals surface area (Å²) in [6.45, 7) is 10.2. The normalized spacial score (nSPS) is 11.9. The lowest BCUT2D eigenvalue weighted by Gasteiger charge is -2.18. The van der Waals surface area contributed by atoms with E-state index < -0.39 is 6.10 Å². The molecular formula is C23H27N3O2. The zero-order valence-corrected chi connectivity index (χ0v) is 17.1. The fourth-order valence-electron chi connectivity index (χ4n) is 3.22. The van der Waals surface area contributed by atoms with Gasteiger partial charge >= 0.3 is 0 Å². The fraction of sp³-hybridized carbons (Fsp3) is 0.304. The summed E-state index contributed by atoms with van der Waals surface area (Å²) in [6, 6.07) is 12.1. The second-order valence-corrected chi connectivity index (χ2v) is 7.16. The van der Waals surface area contributed by atoms with Crippen molar-refractivity contribution in [3.63, 3.8) is 0 Å². The van der Waals surface area contributed by atoms with E-state index in [-0.39, 0.29) is 5.91 Å². The first-order valence-electron chi connectivity index (χ1n) is 9.47. The maximum absolute atomic E-state index is 12.6. The molecule has 1 atom stereocenters. The summed E-state index contributed by atoms with van der Waals surface area (Å²) in [5, 5.41) is 2.99. The Morgan fingerprint density at radius 2 is 1.93 bits per heavy atom. The lowest BCUT2D eigenvalue weighted by Crippen LogP contribution is -2.36. The Hall–Kier alpha value is -3.08. The summed E-state index contributed by atoms with van der Waals surface area (Å²) in [7, 11) is 0. The number of ether oxygens (including phenoxy) is 1. The first-order valence-corrected chi connectivity index (χ1v) is 9.47. The third kappa shape index (κ3) is 4.25. The number of benzene rings is 2. The Morgan fingerprint density at radius 3 is 2.64 bits per heavy atom. The lowest BCUT2D eigenvalue weighted by atomic mass is 10.1. The van der Waals surface area contributed by atoms with Gasteiger partial charge in [0.15, 0.2) is 6.10 Å². The van der Waals surface area contributed by atoms with Crippen molar-refractivity contribution in [3.05, 3.63) is 76.9 Å². The molecule has 0 spiro atoms. The Kier molecular flexibility index (Phi) is 5.83. The minimum atomic E-state index is -0.581. The number of rotatable bonds is 6. The maximum Gasteiger partial charge on any atom is 0.261 e. The zero-order valence-electron chi connectivity index (χ0n) is 17.1. The van der Waals surface area contributed by atoms with Crippen molar-refractivity contribution in [3.8, 4) is 11.4 Å². The molecule has 0 saturated carbocycles. The van der Waals surface area contributed by atoms with Crippen LogP contribution in [0.2, 0.25) is 0 Å². The number of hydrogen-bond acceptors (Lipinski definition) is 3. The monoisotopic (exact) mass is 377 g/mol. The van der Waals surface area contributed by atoms with Gasteiger partial charge in [-0.05, 0) is 69.0 Å². The fourth-order valence-corrected chi connectivity index (χ4v) is 3.22. The summed E-state index contributed by atoms with van der Waals surface area (Å²) < 4.78 is 7.97. The Balaban J connectivity index is 1.69.